The summed E-state index contributed by atoms with van der Waals surface area (Å²) >= 11 is 5.84. The Morgan fingerprint density at radius 3 is 2.58 bits per heavy atom. The summed E-state index contributed by atoms with van der Waals surface area (Å²) in [7, 11) is 3.24. The zero-order valence-corrected chi connectivity index (χ0v) is 11.6. The summed E-state index contributed by atoms with van der Waals surface area (Å²) in [6.45, 7) is 0.577. The van der Waals surface area contributed by atoms with Crippen molar-refractivity contribution < 1.29 is 9.47 Å². The second-order valence-electron chi connectivity index (χ2n) is 3.85. The van der Waals surface area contributed by atoms with Crippen molar-refractivity contribution in [3.8, 4) is 11.5 Å². The van der Waals surface area contributed by atoms with Gasteiger partial charge >= 0.3 is 0 Å². The van der Waals surface area contributed by atoms with Crippen molar-refractivity contribution >= 4 is 17.4 Å². The van der Waals surface area contributed by atoms with Gasteiger partial charge in [0.05, 0.1) is 14.2 Å². The molecule has 2 rings (SSSR count). The van der Waals surface area contributed by atoms with E-state index in [0.29, 0.717) is 17.4 Å². The monoisotopic (exact) mass is 278 g/mol. The van der Waals surface area contributed by atoms with E-state index >= 15 is 0 Å². The Morgan fingerprint density at radius 2 is 1.89 bits per heavy atom. The van der Waals surface area contributed by atoms with Crippen LogP contribution in [-0.2, 0) is 6.54 Å². The highest BCUT2D eigenvalue weighted by molar-refractivity contribution is 6.29. The first kappa shape index (κ1) is 13.5. The van der Waals surface area contributed by atoms with E-state index in [1.54, 1.807) is 20.3 Å². The molecular weight excluding hydrogens is 264 g/mol. The van der Waals surface area contributed by atoms with Crippen LogP contribution in [0.4, 0.5) is 5.82 Å². The van der Waals surface area contributed by atoms with Crippen molar-refractivity contribution in [1.29, 1.82) is 0 Å². The lowest BCUT2D eigenvalue weighted by Gasteiger charge is -2.13. The second-order valence-corrected chi connectivity index (χ2v) is 4.24. The lowest BCUT2D eigenvalue weighted by Crippen LogP contribution is -2.04. The number of hydrogen-bond acceptors (Lipinski definition) is 4. The molecule has 5 heteroatoms. The molecule has 0 fully saturated rings. The number of hydrogen-bond donors (Lipinski definition) is 1. The third-order valence-electron chi connectivity index (χ3n) is 2.66. The molecule has 0 atom stereocenters. The number of methoxy groups -OCH3 is 2. The predicted molar refractivity (Wildman–Crippen MR) is 76.1 cm³/mol. The maximum atomic E-state index is 5.84. The zero-order valence-electron chi connectivity index (χ0n) is 10.8. The van der Waals surface area contributed by atoms with Crippen molar-refractivity contribution in [2.45, 2.75) is 6.54 Å². The molecule has 19 heavy (non-hydrogen) atoms. The van der Waals surface area contributed by atoms with Gasteiger partial charge in [-0.05, 0) is 18.2 Å². The van der Waals surface area contributed by atoms with Gasteiger partial charge in [0.15, 0.2) is 11.5 Å². The maximum Gasteiger partial charge on any atom is 0.165 e. The van der Waals surface area contributed by atoms with E-state index in [2.05, 4.69) is 10.3 Å². The van der Waals surface area contributed by atoms with Gasteiger partial charge in [0.2, 0.25) is 0 Å². The number of para-hydroxylation sites is 1. The highest BCUT2D eigenvalue weighted by Crippen LogP contribution is 2.31. The molecular formula is C14H15ClN2O2. The summed E-state index contributed by atoms with van der Waals surface area (Å²) in [5.74, 6) is 2.15. The highest BCUT2D eigenvalue weighted by Gasteiger charge is 2.09. The van der Waals surface area contributed by atoms with Crippen LogP contribution in [0.25, 0.3) is 0 Å². The minimum absolute atomic E-state index is 0.461. The third kappa shape index (κ3) is 3.29. The molecule has 0 unspecified atom stereocenters. The van der Waals surface area contributed by atoms with Crippen molar-refractivity contribution in [3.05, 3.63) is 47.1 Å². The van der Waals surface area contributed by atoms with E-state index in [9.17, 15) is 0 Å². The first-order chi connectivity index (χ1) is 9.24. The Balaban J connectivity index is 2.15. The van der Waals surface area contributed by atoms with Gasteiger partial charge in [0.1, 0.15) is 11.0 Å². The van der Waals surface area contributed by atoms with Crippen LogP contribution in [0, 0.1) is 0 Å². The number of halogens is 1. The molecule has 2 aromatic rings. The number of pyridine rings is 1. The summed E-state index contributed by atoms with van der Waals surface area (Å²) in [4.78, 5) is 4.17. The van der Waals surface area contributed by atoms with Gasteiger partial charge in [-0.2, -0.15) is 0 Å². The fourth-order valence-corrected chi connectivity index (χ4v) is 1.95. The molecule has 0 saturated heterocycles. The van der Waals surface area contributed by atoms with Gasteiger partial charge in [0, 0.05) is 12.1 Å². The first-order valence-electron chi connectivity index (χ1n) is 5.81. The lowest BCUT2D eigenvalue weighted by molar-refractivity contribution is 0.352. The summed E-state index contributed by atoms with van der Waals surface area (Å²) in [6.07, 6.45) is 0. The quantitative estimate of drug-likeness (QED) is 0.852. The Kier molecular flexibility index (Phi) is 4.47. The SMILES string of the molecule is COc1cccc(CNc2cccc(Cl)n2)c1OC. The van der Waals surface area contributed by atoms with Crippen LogP contribution in [0.3, 0.4) is 0 Å². The molecule has 1 N–H and O–H groups in total. The van der Waals surface area contributed by atoms with Crippen LogP contribution in [0.1, 0.15) is 5.56 Å². The zero-order chi connectivity index (χ0) is 13.7. The fraction of sp³-hybridized carbons (Fsp3) is 0.214. The average molecular weight is 279 g/mol. The van der Waals surface area contributed by atoms with E-state index in [1.165, 1.54) is 0 Å². The van der Waals surface area contributed by atoms with Crippen LogP contribution in [0.15, 0.2) is 36.4 Å². The number of nitrogens with one attached hydrogen (secondary N) is 1. The van der Waals surface area contributed by atoms with Crippen LogP contribution >= 0.6 is 11.6 Å². The van der Waals surface area contributed by atoms with Crippen LogP contribution in [-0.4, -0.2) is 19.2 Å². The summed E-state index contributed by atoms with van der Waals surface area (Å²) < 4.78 is 10.6. The Hall–Kier alpha value is -1.94. The molecule has 0 amide bonds. The highest BCUT2D eigenvalue weighted by atomic mass is 35.5. The average Bonchev–Trinajstić information content (AvgIpc) is 2.44. The fourth-order valence-electron chi connectivity index (χ4n) is 1.79. The van der Waals surface area contributed by atoms with Gasteiger partial charge in [-0.3, -0.25) is 0 Å². The van der Waals surface area contributed by atoms with Crippen molar-refractivity contribution in [2.75, 3.05) is 19.5 Å². The minimum Gasteiger partial charge on any atom is -0.493 e. The summed E-state index contributed by atoms with van der Waals surface area (Å²) in [5.41, 5.74) is 0.989. The Morgan fingerprint density at radius 1 is 1.11 bits per heavy atom. The number of rotatable bonds is 5. The molecule has 4 nitrogen and oxygen atoms in total. The van der Waals surface area contributed by atoms with E-state index in [1.807, 2.05) is 30.3 Å². The van der Waals surface area contributed by atoms with Gasteiger partial charge in [0.25, 0.3) is 0 Å². The van der Waals surface area contributed by atoms with Gasteiger partial charge < -0.3 is 14.8 Å². The Labute approximate surface area is 117 Å². The standard InChI is InChI=1S/C14H15ClN2O2/c1-18-11-6-3-5-10(14(11)19-2)9-16-13-8-4-7-12(15)17-13/h3-8H,9H2,1-2H3,(H,16,17). The van der Waals surface area contributed by atoms with E-state index in [4.69, 9.17) is 21.1 Å². The molecule has 0 spiro atoms. The summed E-state index contributed by atoms with van der Waals surface area (Å²) in [5, 5.41) is 3.66. The van der Waals surface area contributed by atoms with E-state index in [-0.39, 0.29) is 0 Å². The summed E-state index contributed by atoms with van der Waals surface area (Å²) in [6, 6.07) is 11.2. The predicted octanol–water partition coefficient (Wildman–Crippen LogP) is 3.36. The first-order valence-corrected chi connectivity index (χ1v) is 6.18. The van der Waals surface area contributed by atoms with Crippen molar-refractivity contribution in [3.63, 3.8) is 0 Å². The van der Waals surface area contributed by atoms with E-state index < -0.39 is 0 Å². The molecule has 1 heterocycles. The molecule has 0 aliphatic heterocycles. The smallest absolute Gasteiger partial charge is 0.165 e. The number of benzene rings is 1. The molecule has 0 aliphatic carbocycles. The number of nitrogens with zero attached hydrogens (tertiary/aromatic N) is 1. The second kappa shape index (κ2) is 6.29. The maximum absolute atomic E-state index is 5.84. The number of ether oxygens (including phenoxy) is 2. The largest absolute Gasteiger partial charge is 0.493 e. The molecule has 0 radical (unpaired) electrons. The molecule has 1 aromatic heterocycles. The number of anilines is 1. The molecule has 1 aromatic carbocycles. The van der Waals surface area contributed by atoms with Crippen LogP contribution in [0.5, 0.6) is 11.5 Å². The third-order valence-corrected chi connectivity index (χ3v) is 2.87. The van der Waals surface area contributed by atoms with Gasteiger partial charge in [-0.1, -0.05) is 29.8 Å². The van der Waals surface area contributed by atoms with E-state index in [0.717, 1.165) is 17.1 Å². The van der Waals surface area contributed by atoms with Crippen molar-refractivity contribution in [1.82, 2.24) is 4.98 Å². The number of aromatic nitrogens is 1. The Bertz CT molecular complexity index is 561. The topological polar surface area (TPSA) is 43.4 Å². The lowest BCUT2D eigenvalue weighted by atomic mass is 10.2. The molecule has 100 valence electrons. The normalized spacial score (nSPS) is 10.1. The molecule has 0 bridgehead atoms. The molecule has 0 saturated carbocycles. The minimum atomic E-state index is 0.461. The van der Waals surface area contributed by atoms with Gasteiger partial charge in [-0.15, -0.1) is 0 Å². The molecule has 0 aliphatic rings. The van der Waals surface area contributed by atoms with Gasteiger partial charge in [-0.25, -0.2) is 4.98 Å². The van der Waals surface area contributed by atoms with Crippen LogP contribution in [0.2, 0.25) is 5.15 Å². The van der Waals surface area contributed by atoms with Crippen LogP contribution < -0.4 is 14.8 Å². The van der Waals surface area contributed by atoms with Crippen molar-refractivity contribution in [2.24, 2.45) is 0 Å².